The Balaban J connectivity index is 1.43. The second kappa shape index (κ2) is 11.4. The van der Waals surface area contributed by atoms with Crippen molar-refractivity contribution in [2.24, 2.45) is 0 Å². The molecule has 0 radical (unpaired) electrons. The van der Waals surface area contributed by atoms with Crippen molar-refractivity contribution in [1.29, 1.82) is 0 Å². The molecule has 36 heavy (non-hydrogen) atoms. The summed E-state index contributed by atoms with van der Waals surface area (Å²) < 4.78 is 13.0. The predicted molar refractivity (Wildman–Crippen MR) is 140 cm³/mol. The summed E-state index contributed by atoms with van der Waals surface area (Å²) in [5, 5.41) is 9.89. The van der Waals surface area contributed by atoms with Gasteiger partial charge < -0.3 is 14.4 Å². The van der Waals surface area contributed by atoms with Crippen molar-refractivity contribution in [2.75, 3.05) is 33.4 Å². The molecule has 0 atom stereocenters. The molecule has 1 aromatic heterocycles. The van der Waals surface area contributed by atoms with E-state index in [2.05, 4.69) is 26.9 Å². The van der Waals surface area contributed by atoms with Gasteiger partial charge in [-0.25, -0.2) is 0 Å². The number of morpholine rings is 1. The van der Waals surface area contributed by atoms with Gasteiger partial charge in [0.1, 0.15) is 5.75 Å². The monoisotopic (exact) mass is 500 g/mol. The number of benzene rings is 3. The number of amides is 1. The molecule has 8 heteroatoms. The number of carbonyl (C=O) groups is 1. The van der Waals surface area contributed by atoms with E-state index in [1.165, 1.54) is 0 Å². The SMILES string of the molecule is COc1cccc(-c2nnc(SCc3ccccc3C(=O)N3CCOCC3)n2Cc2ccccc2)c1. The van der Waals surface area contributed by atoms with E-state index in [1.54, 1.807) is 18.9 Å². The van der Waals surface area contributed by atoms with Gasteiger partial charge in [-0.2, -0.15) is 0 Å². The third-order valence-electron chi connectivity index (χ3n) is 6.13. The Morgan fingerprint density at radius 2 is 1.75 bits per heavy atom. The van der Waals surface area contributed by atoms with Crippen molar-refractivity contribution in [1.82, 2.24) is 19.7 Å². The first-order valence-corrected chi connectivity index (χ1v) is 12.9. The summed E-state index contributed by atoms with van der Waals surface area (Å²) in [5.41, 5.74) is 3.81. The number of aromatic nitrogens is 3. The van der Waals surface area contributed by atoms with Gasteiger partial charge in [0.05, 0.1) is 26.9 Å². The molecule has 1 aliphatic heterocycles. The van der Waals surface area contributed by atoms with Crippen molar-refractivity contribution in [3.05, 3.63) is 95.6 Å². The van der Waals surface area contributed by atoms with Gasteiger partial charge >= 0.3 is 0 Å². The van der Waals surface area contributed by atoms with Crippen LogP contribution in [0.3, 0.4) is 0 Å². The number of hydrogen-bond acceptors (Lipinski definition) is 6. The summed E-state index contributed by atoms with van der Waals surface area (Å²) in [4.78, 5) is 15.1. The van der Waals surface area contributed by atoms with Gasteiger partial charge in [-0.05, 0) is 29.3 Å². The van der Waals surface area contributed by atoms with Crippen molar-refractivity contribution in [3.8, 4) is 17.1 Å². The van der Waals surface area contributed by atoms with Crippen LogP contribution in [0.15, 0.2) is 84.0 Å². The molecule has 0 saturated carbocycles. The minimum atomic E-state index is 0.0531. The highest BCUT2D eigenvalue weighted by molar-refractivity contribution is 7.98. The summed E-state index contributed by atoms with van der Waals surface area (Å²) in [6.07, 6.45) is 0. The smallest absolute Gasteiger partial charge is 0.254 e. The molecule has 0 unspecified atom stereocenters. The Kier molecular flexibility index (Phi) is 7.64. The lowest BCUT2D eigenvalue weighted by Gasteiger charge is -2.27. The lowest BCUT2D eigenvalue weighted by atomic mass is 10.1. The molecule has 1 aliphatic rings. The molecule has 3 aromatic carbocycles. The van der Waals surface area contributed by atoms with E-state index < -0.39 is 0 Å². The largest absolute Gasteiger partial charge is 0.497 e. The summed E-state index contributed by atoms with van der Waals surface area (Å²) in [5.74, 6) is 2.21. The van der Waals surface area contributed by atoms with E-state index in [9.17, 15) is 4.79 Å². The normalized spacial score (nSPS) is 13.5. The average molecular weight is 501 g/mol. The Morgan fingerprint density at radius 1 is 0.972 bits per heavy atom. The summed E-state index contributed by atoms with van der Waals surface area (Å²) in [6.45, 7) is 3.04. The van der Waals surface area contributed by atoms with Gasteiger partial charge in [-0.3, -0.25) is 9.36 Å². The summed E-state index contributed by atoms with van der Waals surface area (Å²) >= 11 is 1.59. The van der Waals surface area contributed by atoms with Crippen LogP contribution in [-0.4, -0.2) is 59.0 Å². The molecule has 5 rings (SSSR count). The second-order valence-electron chi connectivity index (χ2n) is 8.46. The fourth-order valence-electron chi connectivity index (χ4n) is 4.21. The topological polar surface area (TPSA) is 69.5 Å². The van der Waals surface area contributed by atoms with Crippen LogP contribution in [-0.2, 0) is 17.0 Å². The highest BCUT2D eigenvalue weighted by Gasteiger charge is 2.22. The van der Waals surface area contributed by atoms with Gasteiger partial charge in [-0.1, -0.05) is 72.4 Å². The van der Waals surface area contributed by atoms with E-state index >= 15 is 0 Å². The minimum Gasteiger partial charge on any atom is -0.497 e. The number of carbonyl (C=O) groups excluding carboxylic acids is 1. The van der Waals surface area contributed by atoms with E-state index in [-0.39, 0.29) is 5.91 Å². The number of nitrogens with zero attached hydrogens (tertiary/aromatic N) is 4. The molecule has 184 valence electrons. The fraction of sp³-hybridized carbons (Fsp3) is 0.250. The first-order valence-electron chi connectivity index (χ1n) is 11.9. The van der Waals surface area contributed by atoms with Crippen LogP contribution in [0.25, 0.3) is 11.4 Å². The molecule has 0 spiro atoms. The van der Waals surface area contributed by atoms with Crippen molar-refractivity contribution in [2.45, 2.75) is 17.5 Å². The number of thioether (sulfide) groups is 1. The van der Waals surface area contributed by atoms with Gasteiger partial charge in [0, 0.05) is 30.0 Å². The molecule has 2 heterocycles. The van der Waals surface area contributed by atoms with Crippen LogP contribution in [0.5, 0.6) is 5.75 Å². The Hall–Kier alpha value is -3.62. The van der Waals surface area contributed by atoms with Gasteiger partial charge in [-0.15, -0.1) is 10.2 Å². The van der Waals surface area contributed by atoms with Crippen molar-refractivity contribution >= 4 is 17.7 Å². The Morgan fingerprint density at radius 3 is 2.56 bits per heavy atom. The third-order valence-corrected chi connectivity index (χ3v) is 7.15. The molecule has 0 N–H and O–H groups in total. The highest BCUT2D eigenvalue weighted by atomic mass is 32.2. The zero-order chi connectivity index (χ0) is 24.7. The fourth-order valence-corrected chi connectivity index (χ4v) is 5.16. The van der Waals surface area contributed by atoms with Crippen LogP contribution in [0, 0.1) is 0 Å². The number of rotatable bonds is 8. The van der Waals surface area contributed by atoms with Crippen LogP contribution in [0.2, 0.25) is 0 Å². The molecule has 0 aliphatic carbocycles. The van der Waals surface area contributed by atoms with Crippen molar-refractivity contribution < 1.29 is 14.3 Å². The Labute approximate surface area is 215 Å². The molecular weight excluding hydrogens is 472 g/mol. The van der Waals surface area contributed by atoms with Gasteiger partial charge in [0.2, 0.25) is 0 Å². The van der Waals surface area contributed by atoms with E-state index in [1.807, 2.05) is 71.6 Å². The Bertz CT molecular complexity index is 1320. The van der Waals surface area contributed by atoms with E-state index in [0.717, 1.165) is 39.0 Å². The zero-order valence-corrected chi connectivity index (χ0v) is 21.0. The van der Waals surface area contributed by atoms with Crippen LogP contribution in [0.4, 0.5) is 0 Å². The first kappa shape index (κ1) is 24.1. The van der Waals surface area contributed by atoms with Crippen LogP contribution < -0.4 is 4.74 Å². The van der Waals surface area contributed by atoms with Gasteiger partial charge in [0.15, 0.2) is 11.0 Å². The van der Waals surface area contributed by atoms with Gasteiger partial charge in [0.25, 0.3) is 5.91 Å². The highest BCUT2D eigenvalue weighted by Crippen LogP contribution is 2.30. The van der Waals surface area contributed by atoms with E-state index in [4.69, 9.17) is 9.47 Å². The van der Waals surface area contributed by atoms with Crippen molar-refractivity contribution in [3.63, 3.8) is 0 Å². The van der Waals surface area contributed by atoms with E-state index in [0.29, 0.717) is 38.6 Å². The van der Waals surface area contributed by atoms with Crippen LogP contribution >= 0.6 is 11.8 Å². The summed E-state index contributed by atoms with van der Waals surface area (Å²) in [6, 6.07) is 25.9. The molecule has 1 saturated heterocycles. The average Bonchev–Trinajstić information content (AvgIpc) is 3.35. The number of ether oxygens (including phenoxy) is 2. The zero-order valence-electron chi connectivity index (χ0n) is 20.2. The quantitative estimate of drug-likeness (QED) is 0.325. The summed E-state index contributed by atoms with van der Waals surface area (Å²) in [7, 11) is 1.66. The maximum Gasteiger partial charge on any atom is 0.254 e. The molecule has 1 fully saturated rings. The standard InChI is InChI=1S/C28H28N4O3S/c1-34-24-12-7-11-22(18-24)26-29-30-28(32(26)19-21-8-3-2-4-9-21)36-20-23-10-5-6-13-25(23)27(33)31-14-16-35-17-15-31/h2-13,18H,14-17,19-20H2,1H3. The molecular formula is C28H28N4O3S. The molecule has 1 amide bonds. The molecule has 7 nitrogen and oxygen atoms in total. The second-order valence-corrected chi connectivity index (χ2v) is 9.40. The maximum absolute atomic E-state index is 13.2. The third kappa shape index (κ3) is 5.45. The number of methoxy groups -OCH3 is 1. The first-order chi connectivity index (χ1) is 17.7. The molecule has 0 bridgehead atoms. The number of hydrogen-bond donors (Lipinski definition) is 0. The lowest BCUT2D eigenvalue weighted by Crippen LogP contribution is -2.41. The minimum absolute atomic E-state index is 0.0531. The maximum atomic E-state index is 13.2. The predicted octanol–water partition coefficient (Wildman–Crippen LogP) is 4.77. The van der Waals surface area contributed by atoms with Crippen LogP contribution in [0.1, 0.15) is 21.5 Å². The lowest BCUT2D eigenvalue weighted by molar-refractivity contribution is 0.0302. The molecule has 4 aromatic rings.